The van der Waals surface area contributed by atoms with E-state index in [-0.39, 0.29) is 11.4 Å². The average Bonchev–Trinajstić information content (AvgIpc) is 2.65. The van der Waals surface area contributed by atoms with E-state index in [0.717, 1.165) is 0 Å². The van der Waals surface area contributed by atoms with E-state index in [4.69, 9.17) is 4.74 Å². The lowest BCUT2D eigenvalue weighted by Crippen LogP contribution is -2.31. The van der Waals surface area contributed by atoms with Crippen LogP contribution in [-0.2, 0) is 21.5 Å². The van der Waals surface area contributed by atoms with E-state index in [1.165, 1.54) is 5.56 Å². The van der Waals surface area contributed by atoms with Crippen LogP contribution in [0.25, 0.3) is 0 Å². The van der Waals surface area contributed by atoms with Crippen LogP contribution < -0.4 is 0 Å². The van der Waals surface area contributed by atoms with Gasteiger partial charge in [0.25, 0.3) is 0 Å². The van der Waals surface area contributed by atoms with Crippen molar-refractivity contribution >= 4 is 5.97 Å². The Hall–Kier alpha value is -1.32. The van der Waals surface area contributed by atoms with Gasteiger partial charge in [-0.25, -0.2) is 0 Å². The molecule has 18 heavy (non-hydrogen) atoms. The molecule has 0 spiro atoms. The molecule has 0 amide bonds. The van der Waals surface area contributed by atoms with Crippen molar-refractivity contribution in [3.8, 4) is 0 Å². The summed E-state index contributed by atoms with van der Waals surface area (Å²) in [7, 11) is 0. The highest BCUT2D eigenvalue weighted by molar-refractivity contribution is 5.75. The van der Waals surface area contributed by atoms with Crippen molar-refractivity contribution in [3.63, 3.8) is 0 Å². The Balaban J connectivity index is 2.79. The molecule has 0 unspecified atom stereocenters. The molecule has 102 valence electrons. The van der Waals surface area contributed by atoms with Crippen molar-refractivity contribution in [2.45, 2.75) is 53.5 Å². The molecular formula is C14H24N2O2. The minimum Gasteiger partial charge on any atom is -0.466 e. The molecule has 1 aromatic heterocycles. The first-order valence-corrected chi connectivity index (χ1v) is 6.37. The third-order valence-corrected chi connectivity index (χ3v) is 2.88. The summed E-state index contributed by atoms with van der Waals surface area (Å²) in [6.45, 7) is 12.9. The molecule has 1 heterocycles. The van der Waals surface area contributed by atoms with Crippen molar-refractivity contribution in [2.24, 2.45) is 5.41 Å². The Morgan fingerprint density at radius 2 is 1.94 bits per heavy atom. The molecule has 0 aromatic carbocycles. The maximum atomic E-state index is 11.8. The molecule has 0 fully saturated rings. The molecule has 0 aliphatic heterocycles. The van der Waals surface area contributed by atoms with Crippen molar-refractivity contribution in [3.05, 3.63) is 18.0 Å². The van der Waals surface area contributed by atoms with E-state index in [1.807, 2.05) is 37.8 Å². The zero-order valence-electron chi connectivity index (χ0n) is 12.3. The van der Waals surface area contributed by atoms with E-state index >= 15 is 0 Å². The highest BCUT2D eigenvalue weighted by Gasteiger charge is 2.30. The summed E-state index contributed by atoms with van der Waals surface area (Å²) in [4.78, 5) is 11.8. The van der Waals surface area contributed by atoms with Crippen molar-refractivity contribution in [1.29, 1.82) is 0 Å². The second kappa shape index (κ2) is 5.12. The number of hydrogen-bond acceptors (Lipinski definition) is 3. The monoisotopic (exact) mass is 252 g/mol. The lowest BCUT2D eigenvalue weighted by atomic mass is 9.89. The normalized spacial score (nSPS) is 12.6. The summed E-state index contributed by atoms with van der Waals surface area (Å²) in [5, 5.41) is 4.32. The van der Waals surface area contributed by atoms with E-state index in [1.54, 1.807) is 0 Å². The molecular weight excluding hydrogens is 228 g/mol. The van der Waals surface area contributed by atoms with Gasteiger partial charge in [0.1, 0.15) is 0 Å². The molecule has 0 aliphatic carbocycles. The summed E-state index contributed by atoms with van der Waals surface area (Å²) >= 11 is 0. The maximum absolute atomic E-state index is 11.8. The minimum absolute atomic E-state index is 0.0757. The van der Waals surface area contributed by atoms with Crippen LogP contribution in [0.3, 0.4) is 0 Å². The van der Waals surface area contributed by atoms with Gasteiger partial charge in [0.15, 0.2) is 0 Å². The van der Waals surface area contributed by atoms with Crippen LogP contribution in [0.15, 0.2) is 12.4 Å². The lowest BCUT2D eigenvalue weighted by Gasteiger charge is -2.22. The predicted molar refractivity (Wildman–Crippen MR) is 71.3 cm³/mol. The van der Waals surface area contributed by atoms with Gasteiger partial charge in [-0.05, 0) is 31.7 Å². The summed E-state index contributed by atoms with van der Waals surface area (Å²) in [5.41, 5.74) is 0.686. The number of esters is 1. The smallest absolute Gasteiger partial charge is 0.313 e. The van der Waals surface area contributed by atoms with Gasteiger partial charge >= 0.3 is 5.97 Å². The number of aromatic nitrogens is 2. The number of hydrogen-bond donors (Lipinski definition) is 0. The lowest BCUT2D eigenvalue weighted by molar-refractivity contribution is -0.154. The highest BCUT2D eigenvalue weighted by atomic mass is 16.5. The second-order valence-electron chi connectivity index (χ2n) is 6.28. The van der Waals surface area contributed by atoms with Gasteiger partial charge in [0, 0.05) is 6.20 Å². The number of ether oxygens (including phenoxy) is 1. The Labute approximate surface area is 109 Å². The largest absolute Gasteiger partial charge is 0.466 e. The van der Waals surface area contributed by atoms with Crippen LogP contribution in [0.1, 0.15) is 47.1 Å². The van der Waals surface area contributed by atoms with E-state index in [2.05, 4.69) is 25.9 Å². The molecule has 4 heteroatoms. The first-order valence-electron chi connectivity index (χ1n) is 6.37. The number of nitrogens with zero attached hydrogens (tertiary/aromatic N) is 2. The van der Waals surface area contributed by atoms with Crippen LogP contribution in [-0.4, -0.2) is 22.4 Å². The number of rotatable bonds is 4. The summed E-state index contributed by atoms with van der Waals surface area (Å²) in [6, 6.07) is 0. The Morgan fingerprint density at radius 1 is 1.33 bits per heavy atom. The Morgan fingerprint density at radius 3 is 2.39 bits per heavy atom. The molecule has 0 aliphatic rings. The van der Waals surface area contributed by atoms with Crippen LogP contribution in [0, 0.1) is 5.41 Å². The van der Waals surface area contributed by atoms with Gasteiger partial charge in [-0.1, -0.05) is 20.8 Å². The third-order valence-electron chi connectivity index (χ3n) is 2.88. The summed E-state index contributed by atoms with van der Waals surface area (Å²) < 4.78 is 6.89. The van der Waals surface area contributed by atoms with E-state index in [9.17, 15) is 4.79 Å². The van der Waals surface area contributed by atoms with Crippen LogP contribution in [0.2, 0.25) is 0 Å². The SMILES string of the molecule is CCOC(=O)C(C)(C)Cn1cc(C(C)(C)C)cn1. The molecule has 4 nitrogen and oxygen atoms in total. The van der Waals surface area contributed by atoms with Crippen LogP contribution in [0.5, 0.6) is 0 Å². The Kier molecular flexibility index (Phi) is 4.20. The molecule has 1 rings (SSSR count). The Bertz CT molecular complexity index is 414. The fraction of sp³-hybridized carbons (Fsp3) is 0.714. The molecule has 1 aromatic rings. The summed E-state index contributed by atoms with van der Waals surface area (Å²) in [5.74, 6) is -0.183. The fourth-order valence-electron chi connectivity index (χ4n) is 1.63. The fourth-order valence-corrected chi connectivity index (χ4v) is 1.63. The predicted octanol–water partition coefficient (Wildman–Crippen LogP) is 2.77. The van der Waals surface area contributed by atoms with Crippen molar-refractivity contribution < 1.29 is 9.53 Å². The molecule has 0 atom stereocenters. The molecule has 0 radical (unpaired) electrons. The van der Waals surface area contributed by atoms with E-state index < -0.39 is 5.41 Å². The van der Waals surface area contributed by atoms with Gasteiger partial charge in [-0.2, -0.15) is 5.10 Å². The van der Waals surface area contributed by atoms with Crippen LogP contribution >= 0.6 is 0 Å². The quantitative estimate of drug-likeness (QED) is 0.774. The summed E-state index contributed by atoms with van der Waals surface area (Å²) in [6.07, 6.45) is 3.86. The maximum Gasteiger partial charge on any atom is 0.313 e. The first kappa shape index (κ1) is 14.7. The topological polar surface area (TPSA) is 44.1 Å². The molecule has 0 saturated heterocycles. The molecule has 0 saturated carbocycles. The van der Waals surface area contributed by atoms with Gasteiger partial charge < -0.3 is 4.74 Å². The highest BCUT2D eigenvalue weighted by Crippen LogP contribution is 2.24. The van der Waals surface area contributed by atoms with Crippen molar-refractivity contribution in [2.75, 3.05) is 6.61 Å². The van der Waals surface area contributed by atoms with Gasteiger partial charge in [-0.15, -0.1) is 0 Å². The minimum atomic E-state index is -0.558. The zero-order valence-corrected chi connectivity index (χ0v) is 12.3. The number of carbonyl (C=O) groups excluding carboxylic acids is 1. The van der Waals surface area contributed by atoms with Gasteiger partial charge in [-0.3, -0.25) is 9.48 Å². The second-order valence-corrected chi connectivity index (χ2v) is 6.28. The van der Waals surface area contributed by atoms with Crippen LogP contribution in [0.4, 0.5) is 0 Å². The average molecular weight is 252 g/mol. The van der Waals surface area contributed by atoms with Gasteiger partial charge in [0.2, 0.25) is 0 Å². The molecule has 0 N–H and O–H groups in total. The molecule has 0 bridgehead atoms. The first-order chi connectivity index (χ1) is 8.16. The number of carbonyl (C=O) groups is 1. The standard InChI is InChI=1S/C14H24N2O2/c1-7-18-12(17)14(5,6)10-16-9-11(8-15-16)13(2,3)4/h8-9H,7,10H2,1-6H3. The van der Waals surface area contributed by atoms with Crippen molar-refractivity contribution in [1.82, 2.24) is 9.78 Å². The van der Waals surface area contributed by atoms with E-state index in [0.29, 0.717) is 13.2 Å². The van der Waals surface area contributed by atoms with Gasteiger partial charge in [0.05, 0.1) is 24.8 Å². The third kappa shape index (κ3) is 3.59. The zero-order chi connectivity index (χ0) is 14.0.